The zero-order chi connectivity index (χ0) is 19.8. The number of nitro benzene ring substituents is 1. The van der Waals surface area contributed by atoms with Gasteiger partial charge in [0.05, 0.1) is 10.8 Å². The Hall–Kier alpha value is -3.54. The van der Waals surface area contributed by atoms with Crippen molar-refractivity contribution in [3.05, 3.63) is 106 Å². The van der Waals surface area contributed by atoms with Gasteiger partial charge in [0, 0.05) is 37.0 Å². The molecule has 0 saturated heterocycles. The van der Waals surface area contributed by atoms with Gasteiger partial charge in [0.1, 0.15) is 0 Å². The molecule has 0 spiro atoms. The first-order valence-electron chi connectivity index (χ1n) is 9.09. The molecule has 3 aromatic rings. The molecule has 2 aromatic carbocycles. The summed E-state index contributed by atoms with van der Waals surface area (Å²) in [4.78, 5) is 27.5. The average molecular weight is 375 g/mol. The Balaban J connectivity index is 1.63. The number of benzene rings is 2. The van der Waals surface area contributed by atoms with Gasteiger partial charge in [0.2, 0.25) is 5.91 Å². The predicted molar refractivity (Wildman–Crippen MR) is 107 cm³/mol. The Morgan fingerprint density at radius 2 is 1.71 bits per heavy atom. The van der Waals surface area contributed by atoms with Gasteiger partial charge >= 0.3 is 0 Å². The lowest BCUT2D eigenvalue weighted by Gasteiger charge is -2.17. The lowest BCUT2D eigenvalue weighted by Crippen LogP contribution is -2.32. The minimum absolute atomic E-state index is 0.0567. The molecule has 0 bridgehead atoms. The van der Waals surface area contributed by atoms with Crippen LogP contribution in [0.5, 0.6) is 0 Å². The lowest BCUT2D eigenvalue weighted by atomic mass is 9.93. The SMILES string of the molecule is O=C(NCCc1ccc([N+](=O)[O-])cc1)C(Cc1ccccn1)c1ccccc1. The fourth-order valence-electron chi connectivity index (χ4n) is 3.01. The maximum absolute atomic E-state index is 12.9. The van der Waals surface area contributed by atoms with Crippen molar-refractivity contribution in [2.24, 2.45) is 0 Å². The van der Waals surface area contributed by atoms with Gasteiger partial charge in [-0.05, 0) is 29.7 Å². The van der Waals surface area contributed by atoms with Crippen LogP contribution < -0.4 is 5.32 Å². The summed E-state index contributed by atoms with van der Waals surface area (Å²) < 4.78 is 0. The smallest absolute Gasteiger partial charge is 0.269 e. The second kappa shape index (κ2) is 9.41. The number of nitrogens with zero attached hydrogens (tertiary/aromatic N) is 2. The topological polar surface area (TPSA) is 85.1 Å². The molecule has 0 aliphatic heterocycles. The monoisotopic (exact) mass is 375 g/mol. The second-order valence-electron chi connectivity index (χ2n) is 6.45. The Morgan fingerprint density at radius 1 is 1.00 bits per heavy atom. The molecule has 1 N–H and O–H groups in total. The van der Waals surface area contributed by atoms with Crippen LogP contribution in [0.3, 0.4) is 0 Å². The third-order valence-corrected chi connectivity index (χ3v) is 4.52. The number of nitrogens with one attached hydrogen (secondary N) is 1. The van der Waals surface area contributed by atoms with E-state index in [-0.39, 0.29) is 17.5 Å². The third-order valence-electron chi connectivity index (χ3n) is 4.52. The molecule has 3 rings (SSSR count). The van der Waals surface area contributed by atoms with Crippen LogP contribution in [-0.2, 0) is 17.6 Å². The zero-order valence-corrected chi connectivity index (χ0v) is 15.3. The maximum atomic E-state index is 12.9. The zero-order valence-electron chi connectivity index (χ0n) is 15.3. The summed E-state index contributed by atoms with van der Waals surface area (Å²) >= 11 is 0. The second-order valence-corrected chi connectivity index (χ2v) is 6.45. The fourth-order valence-corrected chi connectivity index (χ4v) is 3.01. The highest BCUT2D eigenvalue weighted by molar-refractivity contribution is 5.83. The lowest BCUT2D eigenvalue weighted by molar-refractivity contribution is -0.384. The van der Waals surface area contributed by atoms with Crippen molar-refractivity contribution in [3.63, 3.8) is 0 Å². The van der Waals surface area contributed by atoms with E-state index in [0.29, 0.717) is 19.4 Å². The number of hydrogen-bond donors (Lipinski definition) is 1. The molecular formula is C22H21N3O3. The molecule has 1 heterocycles. The van der Waals surface area contributed by atoms with Gasteiger partial charge in [-0.2, -0.15) is 0 Å². The van der Waals surface area contributed by atoms with E-state index < -0.39 is 4.92 Å². The number of rotatable bonds is 8. The van der Waals surface area contributed by atoms with Gasteiger partial charge < -0.3 is 5.32 Å². The van der Waals surface area contributed by atoms with Gasteiger partial charge in [-0.25, -0.2) is 0 Å². The normalized spacial score (nSPS) is 11.6. The number of nitro groups is 1. The van der Waals surface area contributed by atoms with Crippen LogP contribution in [0.15, 0.2) is 79.0 Å². The van der Waals surface area contributed by atoms with Gasteiger partial charge in [-0.15, -0.1) is 0 Å². The van der Waals surface area contributed by atoms with E-state index >= 15 is 0 Å². The van der Waals surface area contributed by atoms with E-state index in [4.69, 9.17) is 0 Å². The van der Waals surface area contributed by atoms with Crippen LogP contribution in [0.25, 0.3) is 0 Å². The van der Waals surface area contributed by atoms with Crippen molar-refractivity contribution >= 4 is 11.6 Å². The van der Waals surface area contributed by atoms with Crippen molar-refractivity contribution in [1.82, 2.24) is 10.3 Å². The van der Waals surface area contributed by atoms with Crippen molar-refractivity contribution in [3.8, 4) is 0 Å². The summed E-state index contributed by atoms with van der Waals surface area (Å²) in [6.45, 7) is 0.461. The molecule has 6 heteroatoms. The van der Waals surface area contributed by atoms with Crippen molar-refractivity contribution < 1.29 is 9.72 Å². The van der Waals surface area contributed by atoms with Crippen molar-refractivity contribution in [2.75, 3.05) is 6.54 Å². The summed E-state index contributed by atoms with van der Waals surface area (Å²) in [5, 5.41) is 13.7. The summed E-state index contributed by atoms with van der Waals surface area (Å²) in [5.74, 6) is -0.383. The van der Waals surface area contributed by atoms with Crippen LogP contribution in [-0.4, -0.2) is 22.4 Å². The number of non-ortho nitro benzene ring substituents is 1. The van der Waals surface area contributed by atoms with Gasteiger partial charge in [-0.1, -0.05) is 48.5 Å². The summed E-state index contributed by atoms with van der Waals surface area (Å²) in [7, 11) is 0. The molecular weight excluding hydrogens is 354 g/mol. The van der Waals surface area contributed by atoms with Crippen molar-refractivity contribution in [1.29, 1.82) is 0 Å². The predicted octanol–water partition coefficient (Wildman–Crippen LogP) is 3.68. The molecule has 0 radical (unpaired) electrons. The largest absolute Gasteiger partial charge is 0.355 e. The van der Waals surface area contributed by atoms with Crippen LogP contribution >= 0.6 is 0 Å². The first-order chi connectivity index (χ1) is 13.6. The van der Waals surface area contributed by atoms with Crippen LogP contribution in [0.1, 0.15) is 22.7 Å². The van der Waals surface area contributed by atoms with E-state index in [1.54, 1.807) is 18.3 Å². The molecule has 1 amide bonds. The molecule has 1 aromatic heterocycles. The van der Waals surface area contributed by atoms with Gasteiger partial charge in [0.15, 0.2) is 0 Å². The van der Waals surface area contributed by atoms with Gasteiger partial charge in [0.25, 0.3) is 5.69 Å². The molecule has 0 aliphatic carbocycles. The number of carbonyl (C=O) groups excluding carboxylic acids is 1. The van der Waals surface area contributed by atoms with Crippen molar-refractivity contribution in [2.45, 2.75) is 18.8 Å². The van der Waals surface area contributed by atoms with Crippen LogP contribution in [0, 0.1) is 10.1 Å². The minimum atomic E-state index is -0.423. The summed E-state index contributed by atoms with van der Waals surface area (Å²) in [6.07, 6.45) is 2.85. The summed E-state index contributed by atoms with van der Waals surface area (Å²) in [5.41, 5.74) is 2.81. The van der Waals surface area contributed by atoms with E-state index in [2.05, 4.69) is 10.3 Å². The molecule has 1 atom stereocenters. The highest BCUT2D eigenvalue weighted by Gasteiger charge is 2.21. The number of aromatic nitrogens is 1. The van der Waals surface area contributed by atoms with E-state index in [0.717, 1.165) is 16.8 Å². The highest BCUT2D eigenvalue weighted by Crippen LogP contribution is 2.20. The Kier molecular flexibility index (Phi) is 6.46. The number of carbonyl (C=O) groups is 1. The number of hydrogen-bond acceptors (Lipinski definition) is 4. The molecule has 0 aliphatic rings. The molecule has 0 fully saturated rings. The highest BCUT2D eigenvalue weighted by atomic mass is 16.6. The fraction of sp³-hybridized carbons (Fsp3) is 0.182. The Morgan fingerprint density at radius 3 is 2.36 bits per heavy atom. The Labute approximate surface area is 163 Å². The first-order valence-corrected chi connectivity index (χ1v) is 9.09. The van der Waals surface area contributed by atoms with E-state index in [1.807, 2.05) is 48.5 Å². The number of pyridine rings is 1. The van der Waals surface area contributed by atoms with Crippen LogP contribution in [0.2, 0.25) is 0 Å². The molecule has 6 nitrogen and oxygen atoms in total. The van der Waals surface area contributed by atoms with Gasteiger partial charge in [-0.3, -0.25) is 19.9 Å². The maximum Gasteiger partial charge on any atom is 0.269 e. The summed E-state index contributed by atoms with van der Waals surface area (Å²) in [6, 6.07) is 21.7. The average Bonchev–Trinajstić information content (AvgIpc) is 2.73. The molecule has 0 saturated carbocycles. The van der Waals surface area contributed by atoms with Crippen LogP contribution in [0.4, 0.5) is 5.69 Å². The molecule has 28 heavy (non-hydrogen) atoms. The molecule has 1 unspecified atom stereocenters. The molecule has 142 valence electrons. The third kappa shape index (κ3) is 5.23. The first kappa shape index (κ1) is 19.2. The standard InChI is InChI=1S/C22H21N3O3/c26-22(24-15-13-17-9-11-20(12-10-17)25(27)28)21(18-6-2-1-3-7-18)16-19-8-4-5-14-23-19/h1-12,14,21H,13,15-16H2,(H,24,26). The minimum Gasteiger partial charge on any atom is -0.355 e. The van der Waals surface area contributed by atoms with E-state index in [1.165, 1.54) is 12.1 Å². The quantitative estimate of drug-likeness (QED) is 0.481. The number of amides is 1. The van der Waals surface area contributed by atoms with E-state index in [9.17, 15) is 14.9 Å². The Bertz CT molecular complexity index is 913.